The number of hydrogen-bond donors (Lipinski definition) is 1. The highest BCUT2D eigenvalue weighted by molar-refractivity contribution is 6.33. The van der Waals surface area contributed by atoms with Crippen LogP contribution in [0.15, 0.2) is 72.8 Å². The van der Waals surface area contributed by atoms with E-state index in [-0.39, 0.29) is 17.9 Å². The summed E-state index contributed by atoms with van der Waals surface area (Å²) in [7, 11) is 3.92. The number of amides is 2. The molecule has 3 rings (SSSR count). The second kappa shape index (κ2) is 11.0. The van der Waals surface area contributed by atoms with Crippen LogP contribution in [0.4, 0.5) is 11.4 Å². The number of carbonyl (C=O) groups excluding carboxylic acids is 2. The number of benzene rings is 3. The number of nitrogens with one attached hydrogen (secondary N) is 1. The van der Waals surface area contributed by atoms with Crippen molar-refractivity contribution in [1.82, 2.24) is 4.90 Å². The third-order valence-corrected chi connectivity index (χ3v) is 5.95. The van der Waals surface area contributed by atoms with Crippen LogP contribution in [-0.4, -0.2) is 30.8 Å². The molecule has 1 atom stereocenters. The van der Waals surface area contributed by atoms with Crippen molar-refractivity contribution in [2.45, 2.75) is 32.9 Å². The molecule has 0 aliphatic carbocycles. The van der Waals surface area contributed by atoms with Gasteiger partial charge in [-0.15, -0.1) is 0 Å². The molecule has 0 fully saturated rings. The van der Waals surface area contributed by atoms with Crippen molar-refractivity contribution in [2.75, 3.05) is 24.3 Å². The molecule has 3 aromatic rings. The lowest BCUT2D eigenvalue weighted by Crippen LogP contribution is -2.34. The minimum Gasteiger partial charge on any atom is -0.377 e. The predicted octanol–water partition coefficient (Wildman–Crippen LogP) is 6.16. The number of carbonyl (C=O) groups is 2. The molecule has 5 nitrogen and oxygen atoms in total. The smallest absolute Gasteiger partial charge is 0.256 e. The fourth-order valence-electron chi connectivity index (χ4n) is 3.74. The van der Waals surface area contributed by atoms with E-state index < -0.39 is 0 Å². The molecular formula is C27H30ClN3O2. The first kappa shape index (κ1) is 24.3. The molecule has 2 amide bonds. The van der Waals surface area contributed by atoms with Crippen LogP contribution in [0.5, 0.6) is 0 Å². The molecule has 1 N–H and O–H groups in total. The van der Waals surface area contributed by atoms with Gasteiger partial charge in [0.1, 0.15) is 0 Å². The first-order valence-electron chi connectivity index (χ1n) is 11.0. The second-order valence-electron chi connectivity index (χ2n) is 8.14. The van der Waals surface area contributed by atoms with Crippen LogP contribution < -0.4 is 10.2 Å². The fraction of sp³-hybridized carbons (Fsp3) is 0.259. The third-order valence-electron chi connectivity index (χ3n) is 5.62. The summed E-state index contributed by atoms with van der Waals surface area (Å²) in [5.74, 6) is -0.204. The van der Waals surface area contributed by atoms with Gasteiger partial charge in [0.15, 0.2) is 0 Å². The summed E-state index contributed by atoms with van der Waals surface area (Å²) in [5.41, 5.74) is 4.10. The van der Waals surface area contributed by atoms with E-state index >= 15 is 0 Å². The maximum Gasteiger partial charge on any atom is 0.256 e. The summed E-state index contributed by atoms with van der Waals surface area (Å²) in [6, 6.07) is 22.6. The second-order valence-corrected chi connectivity index (χ2v) is 8.55. The van der Waals surface area contributed by atoms with E-state index in [0.29, 0.717) is 29.2 Å². The lowest BCUT2D eigenvalue weighted by molar-refractivity contribution is -0.115. The Labute approximate surface area is 201 Å². The summed E-state index contributed by atoms with van der Waals surface area (Å²) in [5, 5.41) is 3.34. The number of anilines is 2. The molecule has 1 unspecified atom stereocenters. The largest absolute Gasteiger partial charge is 0.377 e. The van der Waals surface area contributed by atoms with Crippen molar-refractivity contribution >= 4 is 34.8 Å². The first-order valence-corrected chi connectivity index (χ1v) is 11.4. The standard InChI is InChI=1S/C27H30ClN3O2/c1-5-26(32)29-22-15-16-25(30(3)4)21(17-22)18-31(19(2)20-11-7-6-8-12-20)27(33)23-13-9-10-14-24(23)28/h6-17,19H,5,18H2,1-4H3,(H,29,32). The summed E-state index contributed by atoms with van der Waals surface area (Å²) < 4.78 is 0. The van der Waals surface area contributed by atoms with Crippen LogP contribution in [-0.2, 0) is 11.3 Å². The van der Waals surface area contributed by atoms with Crippen molar-refractivity contribution in [1.29, 1.82) is 0 Å². The van der Waals surface area contributed by atoms with Crippen LogP contribution in [0, 0.1) is 0 Å². The Bertz CT molecular complexity index is 1120. The Kier molecular flexibility index (Phi) is 8.12. The van der Waals surface area contributed by atoms with Gasteiger partial charge in [0.2, 0.25) is 5.91 Å². The highest BCUT2D eigenvalue weighted by Crippen LogP contribution is 2.31. The van der Waals surface area contributed by atoms with Crippen molar-refractivity contribution in [3.63, 3.8) is 0 Å². The summed E-state index contributed by atoms with van der Waals surface area (Å²) in [6.07, 6.45) is 0.396. The molecule has 0 spiro atoms. The van der Waals surface area contributed by atoms with Crippen LogP contribution in [0.1, 0.15) is 47.8 Å². The van der Waals surface area contributed by atoms with Gasteiger partial charge in [0.05, 0.1) is 16.6 Å². The van der Waals surface area contributed by atoms with Gasteiger partial charge in [-0.25, -0.2) is 0 Å². The van der Waals surface area contributed by atoms with Gasteiger partial charge in [-0.05, 0) is 48.4 Å². The molecular weight excluding hydrogens is 434 g/mol. The van der Waals surface area contributed by atoms with E-state index in [1.165, 1.54) is 0 Å². The van der Waals surface area contributed by atoms with Gasteiger partial charge in [-0.2, -0.15) is 0 Å². The zero-order valence-electron chi connectivity index (χ0n) is 19.5. The monoisotopic (exact) mass is 463 g/mol. The molecule has 0 bridgehead atoms. The molecule has 0 aromatic heterocycles. The lowest BCUT2D eigenvalue weighted by Gasteiger charge is -2.32. The van der Waals surface area contributed by atoms with Crippen LogP contribution >= 0.6 is 11.6 Å². The van der Waals surface area contributed by atoms with Crippen molar-refractivity contribution in [3.8, 4) is 0 Å². The topological polar surface area (TPSA) is 52.7 Å². The van der Waals surface area contributed by atoms with E-state index in [1.54, 1.807) is 12.1 Å². The zero-order chi connectivity index (χ0) is 24.0. The van der Waals surface area contributed by atoms with E-state index in [9.17, 15) is 9.59 Å². The van der Waals surface area contributed by atoms with Crippen molar-refractivity contribution in [2.24, 2.45) is 0 Å². The first-order chi connectivity index (χ1) is 15.8. The molecule has 0 radical (unpaired) electrons. The fourth-order valence-corrected chi connectivity index (χ4v) is 3.96. The quantitative estimate of drug-likeness (QED) is 0.435. The average molecular weight is 464 g/mol. The molecule has 0 heterocycles. The van der Waals surface area contributed by atoms with Crippen LogP contribution in [0.3, 0.4) is 0 Å². The Hall–Kier alpha value is -3.31. The van der Waals surface area contributed by atoms with E-state index in [2.05, 4.69) is 5.32 Å². The third kappa shape index (κ3) is 5.93. The molecule has 33 heavy (non-hydrogen) atoms. The molecule has 6 heteroatoms. The highest BCUT2D eigenvalue weighted by atomic mass is 35.5. The maximum absolute atomic E-state index is 13.7. The van der Waals surface area contributed by atoms with Gasteiger partial charge in [0.25, 0.3) is 5.91 Å². The summed E-state index contributed by atoms with van der Waals surface area (Å²) in [6.45, 7) is 4.18. The number of halogens is 1. The molecule has 172 valence electrons. The lowest BCUT2D eigenvalue weighted by atomic mass is 10.0. The van der Waals surface area contributed by atoms with Crippen LogP contribution in [0.25, 0.3) is 0 Å². The molecule has 3 aromatic carbocycles. The van der Waals surface area contributed by atoms with Crippen molar-refractivity contribution < 1.29 is 9.59 Å². The number of rotatable bonds is 8. The Morgan fingerprint density at radius 1 is 0.970 bits per heavy atom. The minimum absolute atomic E-state index is 0.0554. The zero-order valence-corrected chi connectivity index (χ0v) is 20.3. The average Bonchev–Trinajstić information content (AvgIpc) is 2.82. The molecule has 0 aliphatic rings. The number of hydrogen-bond acceptors (Lipinski definition) is 3. The Balaban J connectivity index is 2.06. The normalized spacial score (nSPS) is 11.5. The maximum atomic E-state index is 13.7. The molecule has 0 aliphatic heterocycles. The van der Waals surface area contributed by atoms with Crippen LogP contribution in [0.2, 0.25) is 5.02 Å². The Morgan fingerprint density at radius 3 is 2.27 bits per heavy atom. The van der Waals surface area contributed by atoms with Gasteiger partial charge in [-0.1, -0.05) is 61.0 Å². The minimum atomic E-state index is -0.195. The summed E-state index contributed by atoms with van der Waals surface area (Å²) >= 11 is 6.39. The van der Waals surface area contributed by atoms with Gasteiger partial charge in [0, 0.05) is 38.4 Å². The molecule has 0 saturated carbocycles. The molecule has 0 saturated heterocycles. The van der Waals surface area contributed by atoms with Crippen molar-refractivity contribution in [3.05, 3.63) is 94.5 Å². The van der Waals surface area contributed by atoms with E-state index in [1.807, 2.05) is 98.4 Å². The highest BCUT2D eigenvalue weighted by Gasteiger charge is 2.26. The van der Waals surface area contributed by atoms with Gasteiger partial charge in [-0.3, -0.25) is 9.59 Å². The van der Waals surface area contributed by atoms with Gasteiger partial charge >= 0.3 is 0 Å². The summed E-state index contributed by atoms with van der Waals surface area (Å²) in [4.78, 5) is 29.5. The SMILES string of the molecule is CCC(=O)Nc1ccc(N(C)C)c(CN(C(=O)c2ccccc2Cl)C(C)c2ccccc2)c1. The van der Waals surface area contributed by atoms with E-state index in [0.717, 1.165) is 16.8 Å². The van der Waals surface area contributed by atoms with Gasteiger partial charge < -0.3 is 15.1 Å². The number of nitrogens with zero attached hydrogens (tertiary/aromatic N) is 2. The van der Waals surface area contributed by atoms with E-state index in [4.69, 9.17) is 11.6 Å². The predicted molar refractivity (Wildman–Crippen MR) is 136 cm³/mol. The Morgan fingerprint density at radius 2 is 1.64 bits per heavy atom.